The smallest absolute Gasteiger partial charge is 0.113 e. The monoisotopic (exact) mass is 309 g/mol. The van der Waals surface area contributed by atoms with Gasteiger partial charge in [-0.05, 0) is 49.6 Å². The van der Waals surface area contributed by atoms with Gasteiger partial charge in [-0.1, -0.05) is 35.0 Å². The molecule has 0 spiro atoms. The van der Waals surface area contributed by atoms with Crippen molar-refractivity contribution in [2.45, 2.75) is 32.7 Å². The molecular weight excluding hydrogens is 290 g/mol. The van der Waals surface area contributed by atoms with Gasteiger partial charge in [0, 0.05) is 4.47 Å². The van der Waals surface area contributed by atoms with Gasteiger partial charge in [0.25, 0.3) is 0 Å². The van der Waals surface area contributed by atoms with E-state index in [-0.39, 0.29) is 6.04 Å². The first-order chi connectivity index (χ1) is 8.72. The van der Waals surface area contributed by atoms with Gasteiger partial charge in [0.15, 0.2) is 0 Å². The van der Waals surface area contributed by atoms with Crippen molar-refractivity contribution in [2.24, 2.45) is 0 Å². The van der Waals surface area contributed by atoms with E-state index in [1.807, 2.05) is 0 Å². The maximum Gasteiger partial charge on any atom is 0.113 e. The second-order valence-electron chi connectivity index (χ2n) is 4.60. The summed E-state index contributed by atoms with van der Waals surface area (Å²) < 4.78 is 6.95. The van der Waals surface area contributed by atoms with Crippen LogP contribution in [0, 0.1) is 6.92 Å². The zero-order valence-electron chi connectivity index (χ0n) is 11.0. The van der Waals surface area contributed by atoms with Gasteiger partial charge in [-0.15, -0.1) is 0 Å². The number of hydrogen-bond acceptors (Lipinski definition) is 2. The van der Waals surface area contributed by atoms with E-state index in [1.165, 1.54) is 11.1 Å². The average molecular weight is 310 g/mol. The molecular formula is C15H20BrNO. The fourth-order valence-corrected chi connectivity index (χ4v) is 2.55. The van der Waals surface area contributed by atoms with Crippen molar-refractivity contribution < 1.29 is 4.74 Å². The first-order valence-electron chi connectivity index (χ1n) is 6.54. The molecule has 1 N–H and O–H groups in total. The summed E-state index contributed by atoms with van der Waals surface area (Å²) >= 11 is 3.60. The van der Waals surface area contributed by atoms with Gasteiger partial charge in [-0.2, -0.15) is 0 Å². The Balaban J connectivity index is 2.28. The lowest BCUT2D eigenvalue weighted by molar-refractivity contribution is 0.168. The van der Waals surface area contributed by atoms with Crippen LogP contribution in [0.5, 0.6) is 0 Å². The number of ether oxygens (including phenoxy) is 1. The van der Waals surface area contributed by atoms with Crippen LogP contribution in [0.4, 0.5) is 0 Å². The Labute approximate surface area is 118 Å². The molecule has 1 heterocycles. The molecule has 0 saturated heterocycles. The van der Waals surface area contributed by atoms with E-state index >= 15 is 0 Å². The maximum atomic E-state index is 5.80. The molecule has 18 heavy (non-hydrogen) atoms. The molecule has 0 aliphatic carbocycles. The minimum atomic E-state index is 0.173. The lowest BCUT2D eigenvalue weighted by atomic mass is 10.0. The van der Waals surface area contributed by atoms with E-state index < -0.39 is 0 Å². The van der Waals surface area contributed by atoms with Gasteiger partial charge in [0.05, 0.1) is 12.6 Å². The van der Waals surface area contributed by atoms with E-state index in [4.69, 9.17) is 4.74 Å². The number of allylic oxidation sites excluding steroid dienone is 1. The van der Waals surface area contributed by atoms with Crippen LogP contribution >= 0.6 is 15.9 Å². The zero-order valence-corrected chi connectivity index (χ0v) is 12.6. The molecule has 1 aliphatic rings. The summed E-state index contributed by atoms with van der Waals surface area (Å²) in [4.78, 5) is 0. The first kappa shape index (κ1) is 13.6. The second-order valence-corrected chi connectivity index (χ2v) is 5.45. The Kier molecular flexibility index (Phi) is 4.84. The van der Waals surface area contributed by atoms with Crippen molar-refractivity contribution in [1.29, 1.82) is 0 Å². The molecule has 1 aliphatic heterocycles. The highest BCUT2D eigenvalue weighted by atomic mass is 79.9. The van der Waals surface area contributed by atoms with Crippen molar-refractivity contribution >= 4 is 15.9 Å². The van der Waals surface area contributed by atoms with Crippen molar-refractivity contribution in [1.82, 2.24) is 5.32 Å². The third kappa shape index (κ3) is 3.15. The third-order valence-corrected chi connectivity index (χ3v) is 4.04. The Hall–Kier alpha value is -0.800. The van der Waals surface area contributed by atoms with Crippen LogP contribution in [0.1, 0.15) is 36.9 Å². The topological polar surface area (TPSA) is 21.3 Å². The summed E-state index contributed by atoms with van der Waals surface area (Å²) in [7, 11) is 0. The van der Waals surface area contributed by atoms with E-state index in [0.29, 0.717) is 0 Å². The molecule has 1 aromatic carbocycles. The number of aryl methyl sites for hydroxylation is 1. The summed E-state index contributed by atoms with van der Waals surface area (Å²) in [6.45, 7) is 5.99. The second kappa shape index (κ2) is 6.39. The highest BCUT2D eigenvalue weighted by Gasteiger charge is 2.19. The number of nitrogens with one attached hydrogen (secondary N) is 1. The molecule has 0 bridgehead atoms. The molecule has 1 atom stereocenters. The Morgan fingerprint density at radius 2 is 2.28 bits per heavy atom. The number of likely N-dealkylation sites (N-methyl/N-ethyl adjacent to an activating group) is 1. The van der Waals surface area contributed by atoms with Gasteiger partial charge in [-0.25, -0.2) is 0 Å². The highest BCUT2D eigenvalue weighted by molar-refractivity contribution is 9.10. The summed E-state index contributed by atoms with van der Waals surface area (Å²) in [5.41, 5.74) is 2.51. The molecule has 98 valence electrons. The molecule has 3 heteroatoms. The molecule has 0 amide bonds. The minimum Gasteiger partial charge on any atom is -0.496 e. The van der Waals surface area contributed by atoms with Gasteiger partial charge in [0.2, 0.25) is 0 Å². The molecule has 0 fully saturated rings. The lowest BCUT2D eigenvalue weighted by Gasteiger charge is -2.25. The van der Waals surface area contributed by atoms with Crippen molar-refractivity contribution in [3.05, 3.63) is 45.6 Å². The Morgan fingerprint density at radius 3 is 2.89 bits per heavy atom. The SMILES string of the molecule is CCNC(C1=CCCCO1)c1ccc(C)c(Br)c1. The third-order valence-electron chi connectivity index (χ3n) is 3.18. The maximum absolute atomic E-state index is 5.80. The number of halogens is 1. The van der Waals surface area contributed by atoms with Gasteiger partial charge < -0.3 is 10.1 Å². The van der Waals surface area contributed by atoms with Crippen LogP contribution in [0.2, 0.25) is 0 Å². The lowest BCUT2D eigenvalue weighted by Crippen LogP contribution is -2.25. The first-order valence-corrected chi connectivity index (χ1v) is 7.34. The van der Waals surface area contributed by atoms with E-state index in [2.05, 4.69) is 59.4 Å². The number of rotatable bonds is 4. The largest absolute Gasteiger partial charge is 0.496 e. The Bertz CT molecular complexity index is 442. The highest BCUT2D eigenvalue weighted by Crippen LogP contribution is 2.29. The van der Waals surface area contributed by atoms with Crippen LogP contribution in [-0.4, -0.2) is 13.2 Å². The predicted octanol–water partition coefficient (Wildman–Crippen LogP) is 4.10. The zero-order chi connectivity index (χ0) is 13.0. The summed E-state index contributed by atoms with van der Waals surface area (Å²) in [6, 6.07) is 6.67. The van der Waals surface area contributed by atoms with Gasteiger partial charge >= 0.3 is 0 Å². The summed E-state index contributed by atoms with van der Waals surface area (Å²) in [5, 5.41) is 3.50. The molecule has 0 aromatic heterocycles. The standard InChI is InChI=1S/C15H20BrNO/c1-3-17-15(14-6-4-5-9-18-14)12-8-7-11(2)13(16)10-12/h6-8,10,15,17H,3-5,9H2,1-2H3. The van der Waals surface area contributed by atoms with Crippen molar-refractivity contribution in [3.63, 3.8) is 0 Å². The van der Waals surface area contributed by atoms with Crippen LogP contribution in [0.3, 0.4) is 0 Å². The molecule has 0 radical (unpaired) electrons. The summed E-state index contributed by atoms with van der Waals surface area (Å²) in [6.07, 6.45) is 4.45. The number of benzene rings is 1. The van der Waals surface area contributed by atoms with Crippen molar-refractivity contribution in [2.75, 3.05) is 13.2 Å². The van der Waals surface area contributed by atoms with Crippen LogP contribution in [0.25, 0.3) is 0 Å². The normalized spacial score (nSPS) is 16.9. The molecule has 0 saturated carbocycles. The predicted molar refractivity (Wildman–Crippen MR) is 78.6 cm³/mol. The fourth-order valence-electron chi connectivity index (χ4n) is 2.15. The van der Waals surface area contributed by atoms with Crippen molar-refractivity contribution in [3.8, 4) is 0 Å². The Morgan fingerprint density at radius 1 is 1.44 bits per heavy atom. The van der Waals surface area contributed by atoms with E-state index in [9.17, 15) is 0 Å². The van der Waals surface area contributed by atoms with Gasteiger partial charge in [-0.3, -0.25) is 0 Å². The summed E-state index contributed by atoms with van der Waals surface area (Å²) in [5.74, 6) is 1.07. The van der Waals surface area contributed by atoms with E-state index in [0.717, 1.165) is 36.2 Å². The average Bonchev–Trinajstić information content (AvgIpc) is 2.40. The molecule has 2 nitrogen and oxygen atoms in total. The number of hydrogen-bond donors (Lipinski definition) is 1. The van der Waals surface area contributed by atoms with Gasteiger partial charge in [0.1, 0.15) is 5.76 Å². The minimum absolute atomic E-state index is 0.173. The van der Waals surface area contributed by atoms with E-state index in [1.54, 1.807) is 0 Å². The molecule has 2 rings (SSSR count). The fraction of sp³-hybridized carbons (Fsp3) is 0.467. The molecule has 1 unspecified atom stereocenters. The van der Waals surface area contributed by atoms with Crippen LogP contribution in [0.15, 0.2) is 34.5 Å². The molecule has 1 aromatic rings. The van der Waals surface area contributed by atoms with Crippen LogP contribution < -0.4 is 5.32 Å². The van der Waals surface area contributed by atoms with Crippen LogP contribution in [-0.2, 0) is 4.74 Å². The quantitative estimate of drug-likeness (QED) is 0.904.